The lowest BCUT2D eigenvalue weighted by molar-refractivity contribution is -0.383. The first-order valence-electron chi connectivity index (χ1n) is 3.95. The van der Waals surface area contributed by atoms with Crippen LogP contribution in [0.2, 0.25) is 0 Å². The first-order valence-corrected chi connectivity index (χ1v) is 3.95. The van der Waals surface area contributed by atoms with Gasteiger partial charge in [0.25, 0.3) is 5.69 Å². The van der Waals surface area contributed by atoms with Crippen molar-refractivity contribution in [3.05, 3.63) is 38.3 Å². The number of aromatic nitrogens is 2. The van der Waals surface area contributed by atoms with Gasteiger partial charge in [-0.1, -0.05) is 6.07 Å². The van der Waals surface area contributed by atoms with Crippen molar-refractivity contribution >= 4 is 16.7 Å². The molecular weight excluding hydrogens is 186 g/mol. The van der Waals surface area contributed by atoms with Gasteiger partial charge in [0.05, 0.1) is 10.4 Å². The highest BCUT2D eigenvalue weighted by Gasteiger charge is 2.17. The third kappa shape index (κ3) is 1.08. The second kappa shape index (κ2) is 2.69. The number of nitro benzene ring substituents is 1. The Morgan fingerprint density at radius 3 is 2.71 bits per heavy atom. The lowest BCUT2D eigenvalue weighted by Crippen LogP contribution is -2.00. The fourth-order valence-electron chi connectivity index (χ4n) is 1.43. The highest BCUT2D eigenvalue weighted by Crippen LogP contribution is 2.25. The molecule has 0 saturated heterocycles. The minimum Gasteiger partial charge on any atom is -0.305 e. The molecule has 2 aromatic rings. The third-order valence-corrected chi connectivity index (χ3v) is 2.05. The maximum atomic E-state index is 10.9. The van der Waals surface area contributed by atoms with E-state index in [2.05, 4.69) is 9.97 Å². The van der Waals surface area contributed by atoms with Crippen molar-refractivity contribution in [2.75, 3.05) is 0 Å². The Labute approximate surface area is 77.7 Å². The van der Waals surface area contributed by atoms with Crippen LogP contribution in [0.3, 0.4) is 0 Å². The van der Waals surface area contributed by atoms with E-state index in [0.717, 1.165) is 0 Å². The monoisotopic (exact) mass is 193 g/mol. The van der Waals surface area contributed by atoms with Crippen LogP contribution >= 0.6 is 0 Å². The predicted octanol–water partition coefficient (Wildman–Crippen LogP) is 1.07. The smallest absolute Gasteiger partial charge is 0.305 e. The summed E-state index contributed by atoms with van der Waals surface area (Å²) in [6.07, 6.45) is 0. The number of nitro groups is 1. The maximum absolute atomic E-state index is 10.9. The average molecular weight is 193 g/mol. The molecule has 1 heterocycles. The van der Waals surface area contributed by atoms with Gasteiger partial charge in [-0.25, -0.2) is 4.79 Å². The Kier molecular flexibility index (Phi) is 1.63. The van der Waals surface area contributed by atoms with Gasteiger partial charge in [0.1, 0.15) is 5.52 Å². The Balaban J connectivity index is 2.95. The van der Waals surface area contributed by atoms with Crippen LogP contribution in [0.4, 0.5) is 5.69 Å². The van der Waals surface area contributed by atoms with Crippen molar-refractivity contribution in [3.63, 3.8) is 0 Å². The zero-order chi connectivity index (χ0) is 10.3. The normalized spacial score (nSPS) is 10.6. The number of fused-ring (bicyclic) bond motifs is 1. The number of nitrogens with zero attached hydrogens (tertiary/aromatic N) is 1. The molecule has 0 aliphatic heterocycles. The van der Waals surface area contributed by atoms with Crippen LogP contribution in [0.5, 0.6) is 0 Å². The van der Waals surface area contributed by atoms with Crippen LogP contribution in [0.15, 0.2) is 16.9 Å². The van der Waals surface area contributed by atoms with Gasteiger partial charge in [-0.15, -0.1) is 0 Å². The lowest BCUT2D eigenvalue weighted by Gasteiger charge is -1.96. The maximum Gasteiger partial charge on any atom is 0.324 e. The van der Waals surface area contributed by atoms with Crippen molar-refractivity contribution < 1.29 is 4.92 Å². The van der Waals surface area contributed by atoms with Crippen LogP contribution < -0.4 is 5.69 Å². The number of nitrogens with one attached hydrogen (secondary N) is 2. The summed E-state index contributed by atoms with van der Waals surface area (Å²) in [5.74, 6) is 0. The zero-order valence-corrected chi connectivity index (χ0v) is 7.33. The topological polar surface area (TPSA) is 91.8 Å². The van der Waals surface area contributed by atoms with E-state index in [1.807, 2.05) is 0 Å². The van der Waals surface area contributed by atoms with Gasteiger partial charge in [-0.05, 0) is 13.0 Å². The Bertz CT molecular complexity index is 567. The standard InChI is InChI=1S/C8H7N3O3/c1-4-2-3-5-6(7(4)11(13)14)10-8(12)9-5/h2-3H,1H3,(H2,9,10,12). The molecule has 0 fully saturated rings. The molecule has 0 atom stereocenters. The average Bonchev–Trinajstić information content (AvgIpc) is 2.43. The fourth-order valence-corrected chi connectivity index (χ4v) is 1.43. The highest BCUT2D eigenvalue weighted by atomic mass is 16.6. The number of imidazole rings is 1. The summed E-state index contributed by atoms with van der Waals surface area (Å²) in [6.45, 7) is 1.63. The number of aromatic amines is 2. The van der Waals surface area contributed by atoms with E-state index in [0.29, 0.717) is 11.1 Å². The summed E-state index contributed by atoms with van der Waals surface area (Å²) in [7, 11) is 0. The second-order valence-electron chi connectivity index (χ2n) is 2.99. The Hall–Kier alpha value is -2.11. The van der Waals surface area contributed by atoms with E-state index in [-0.39, 0.29) is 11.2 Å². The summed E-state index contributed by atoms with van der Waals surface area (Å²) in [6, 6.07) is 3.24. The van der Waals surface area contributed by atoms with Gasteiger partial charge < -0.3 is 4.98 Å². The molecule has 14 heavy (non-hydrogen) atoms. The molecular formula is C8H7N3O3. The Morgan fingerprint density at radius 1 is 1.36 bits per heavy atom. The fraction of sp³-hybridized carbons (Fsp3) is 0.125. The molecule has 1 aromatic heterocycles. The van der Waals surface area contributed by atoms with E-state index in [9.17, 15) is 14.9 Å². The minimum absolute atomic E-state index is 0.0548. The second-order valence-corrected chi connectivity index (χ2v) is 2.99. The van der Waals surface area contributed by atoms with Crippen molar-refractivity contribution in [3.8, 4) is 0 Å². The molecule has 0 unspecified atom stereocenters. The lowest BCUT2D eigenvalue weighted by atomic mass is 10.2. The molecule has 6 heteroatoms. The summed E-state index contributed by atoms with van der Waals surface area (Å²) in [5.41, 5.74) is 0.736. The molecule has 0 aliphatic carbocycles. The SMILES string of the molecule is Cc1ccc2[nH]c(=O)[nH]c2c1[N+](=O)[O-]. The number of aryl methyl sites for hydroxylation is 1. The van der Waals surface area contributed by atoms with Gasteiger partial charge in [0.2, 0.25) is 0 Å². The molecule has 6 nitrogen and oxygen atoms in total. The molecule has 72 valence electrons. The van der Waals surface area contributed by atoms with Crippen molar-refractivity contribution in [1.82, 2.24) is 9.97 Å². The van der Waals surface area contributed by atoms with Crippen molar-refractivity contribution in [1.29, 1.82) is 0 Å². The largest absolute Gasteiger partial charge is 0.324 e. The van der Waals surface area contributed by atoms with E-state index in [4.69, 9.17) is 0 Å². The van der Waals surface area contributed by atoms with E-state index in [1.165, 1.54) is 0 Å². The van der Waals surface area contributed by atoms with Gasteiger partial charge in [0.15, 0.2) is 0 Å². The number of H-pyrrole nitrogens is 2. The molecule has 2 N–H and O–H groups in total. The van der Waals surface area contributed by atoms with Crippen LogP contribution in [0.25, 0.3) is 11.0 Å². The van der Waals surface area contributed by atoms with E-state index in [1.54, 1.807) is 19.1 Å². The highest BCUT2D eigenvalue weighted by molar-refractivity contribution is 5.85. The van der Waals surface area contributed by atoms with Crippen molar-refractivity contribution in [2.24, 2.45) is 0 Å². The van der Waals surface area contributed by atoms with Gasteiger partial charge >= 0.3 is 5.69 Å². The minimum atomic E-state index is -0.499. The number of hydrogen-bond acceptors (Lipinski definition) is 3. The molecule has 0 bridgehead atoms. The Morgan fingerprint density at radius 2 is 2.07 bits per heavy atom. The first kappa shape index (κ1) is 8.49. The van der Waals surface area contributed by atoms with E-state index < -0.39 is 10.6 Å². The zero-order valence-electron chi connectivity index (χ0n) is 7.33. The number of hydrogen-bond donors (Lipinski definition) is 2. The van der Waals surface area contributed by atoms with Crippen LogP contribution in [-0.4, -0.2) is 14.9 Å². The predicted molar refractivity (Wildman–Crippen MR) is 50.3 cm³/mol. The third-order valence-electron chi connectivity index (χ3n) is 2.05. The van der Waals surface area contributed by atoms with Crippen LogP contribution in [0, 0.1) is 17.0 Å². The quantitative estimate of drug-likeness (QED) is 0.524. The molecule has 2 rings (SSSR count). The molecule has 0 aliphatic rings. The van der Waals surface area contributed by atoms with Crippen molar-refractivity contribution in [2.45, 2.75) is 6.92 Å². The molecule has 0 saturated carbocycles. The molecule has 1 aromatic carbocycles. The van der Waals surface area contributed by atoms with Gasteiger partial charge in [0, 0.05) is 5.56 Å². The van der Waals surface area contributed by atoms with Gasteiger partial charge in [-0.2, -0.15) is 0 Å². The van der Waals surface area contributed by atoms with E-state index >= 15 is 0 Å². The van der Waals surface area contributed by atoms with Gasteiger partial charge in [-0.3, -0.25) is 15.1 Å². The summed E-state index contributed by atoms with van der Waals surface area (Å²) < 4.78 is 0. The number of rotatable bonds is 1. The first-order chi connectivity index (χ1) is 6.59. The van der Waals surface area contributed by atoms with Crippen LogP contribution in [0.1, 0.15) is 5.56 Å². The molecule has 0 amide bonds. The summed E-state index contributed by atoms with van der Waals surface area (Å²) in [4.78, 5) is 26.0. The molecule has 0 radical (unpaired) electrons. The molecule has 0 spiro atoms. The summed E-state index contributed by atoms with van der Waals surface area (Å²) >= 11 is 0. The van der Waals surface area contributed by atoms with Crippen LogP contribution in [-0.2, 0) is 0 Å². The number of benzene rings is 1. The summed E-state index contributed by atoms with van der Waals surface area (Å²) in [5, 5.41) is 10.7.